The number of nitrogens with zero attached hydrogens (tertiary/aromatic N) is 2. The van der Waals surface area contributed by atoms with E-state index in [0.717, 1.165) is 11.3 Å². The zero-order chi connectivity index (χ0) is 25.1. The molecular formula is C26H24ClN5O2S. The van der Waals surface area contributed by atoms with E-state index in [0.29, 0.717) is 32.8 Å². The van der Waals surface area contributed by atoms with E-state index in [2.05, 4.69) is 16.0 Å². The number of hydrogen-bond donors (Lipinski definition) is 3. The van der Waals surface area contributed by atoms with Gasteiger partial charge in [0.2, 0.25) is 0 Å². The maximum absolute atomic E-state index is 13.1. The summed E-state index contributed by atoms with van der Waals surface area (Å²) in [5, 5.41) is 9.91. The Balaban J connectivity index is 1.50. The van der Waals surface area contributed by atoms with Gasteiger partial charge in [-0.1, -0.05) is 41.9 Å². The molecule has 0 aliphatic rings. The highest BCUT2D eigenvalue weighted by Gasteiger charge is 2.19. The minimum absolute atomic E-state index is 0.230. The van der Waals surface area contributed by atoms with Crippen LogP contribution in [0.3, 0.4) is 0 Å². The standard InChI is InChI=1S/C26H24ClN5O2S/c1-16-12-13-20(15-22(16)27)29-26(35)28-19-9-7-8-18(14-19)24(33)30-23-17(2)31(3)32(25(23)34)21-10-5-4-6-11-21/h4-15H,1-3H3,(H,30,33)(H2,28,29,35). The minimum atomic E-state index is -0.399. The number of amides is 1. The van der Waals surface area contributed by atoms with Crippen LogP contribution >= 0.6 is 23.8 Å². The average Bonchev–Trinajstić information content (AvgIpc) is 3.05. The predicted octanol–water partition coefficient (Wildman–Crippen LogP) is 5.51. The summed E-state index contributed by atoms with van der Waals surface area (Å²) in [4.78, 5) is 26.1. The average molecular weight is 506 g/mol. The van der Waals surface area contributed by atoms with Crippen LogP contribution < -0.4 is 21.5 Å². The normalized spacial score (nSPS) is 10.6. The molecule has 0 saturated carbocycles. The van der Waals surface area contributed by atoms with Crippen molar-refractivity contribution >= 4 is 51.9 Å². The lowest BCUT2D eigenvalue weighted by Crippen LogP contribution is -2.23. The van der Waals surface area contributed by atoms with Crippen molar-refractivity contribution in [1.29, 1.82) is 0 Å². The molecule has 35 heavy (non-hydrogen) atoms. The molecule has 4 rings (SSSR count). The van der Waals surface area contributed by atoms with Crippen LogP contribution in [0.25, 0.3) is 5.69 Å². The second kappa shape index (κ2) is 10.2. The molecule has 0 radical (unpaired) electrons. The van der Waals surface area contributed by atoms with Gasteiger partial charge in [0, 0.05) is 29.0 Å². The first-order valence-electron chi connectivity index (χ1n) is 10.8. The van der Waals surface area contributed by atoms with Gasteiger partial charge in [-0.3, -0.25) is 14.3 Å². The van der Waals surface area contributed by atoms with Crippen LogP contribution in [-0.4, -0.2) is 20.4 Å². The molecule has 1 heterocycles. The molecular weight excluding hydrogens is 482 g/mol. The van der Waals surface area contributed by atoms with Gasteiger partial charge in [0.25, 0.3) is 11.5 Å². The number of halogens is 1. The Kier molecular flexibility index (Phi) is 7.04. The third-order valence-corrected chi connectivity index (χ3v) is 6.22. The number of thiocarbonyl (C=S) groups is 1. The maximum atomic E-state index is 13.1. The van der Waals surface area contributed by atoms with E-state index in [1.54, 1.807) is 49.0 Å². The van der Waals surface area contributed by atoms with Crippen LogP contribution in [0.15, 0.2) is 77.6 Å². The SMILES string of the molecule is Cc1ccc(NC(=S)Nc2cccc(C(=O)Nc3c(C)n(C)n(-c4ccccc4)c3=O)c2)cc1Cl. The smallest absolute Gasteiger partial charge is 0.295 e. The van der Waals surface area contributed by atoms with Gasteiger partial charge in [0.05, 0.1) is 11.4 Å². The van der Waals surface area contributed by atoms with Crippen molar-refractivity contribution in [2.24, 2.45) is 7.05 Å². The Morgan fingerprint density at radius 3 is 2.26 bits per heavy atom. The predicted molar refractivity (Wildman–Crippen MR) is 146 cm³/mol. The number of hydrogen-bond acceptors (Lipinski definition) is 3. The molecule has 1 amide bonds. The summed E-state index contributed by atoms with van der Waals surface area (Å²) in [6, 6.07) is 21.7. The van der Waals surface area contributed by atoms with Crippen molar-refractivity contribution in [2.45, 2.75) is 13.8 Å². The lowest BCUT2D eigenvalue weighted by Gasteiger charge is -2.12. The van der Waals surface area contributed by atoms with E-state index < -0.39 is 5.91 Å². The quantitative estimate of drug-likeness (QED) is 0.312. The summed E-state index contributed by atoms with van der Waals surface area (Å²) in [5.74, 6) is -0.399. The molecule has 1 aromatic heterocycles. The fourth-order valence-corrected chi connectivity index (χ4v) is 4.02. The van der Waals surface area contributed by atoms with E-state index in [1.165, 1.54) is 4.68 Å². The first kappa shape index (κ1) is 24.3. The highest BCUT2D eigenvalue weighted by molar-refractivity contribution is 7.80. The molecule has 0 saturated heterocycles. The zero-order valence-electron chi connectivity index (χ0n) is 19.4. The van der Waals surface area contributed by atoms with E-state index in [1.807, 2.05) is 49.4 Å². The van der Waals surface area contributed by atoms with Crippen molar-refractivity contribution in [3.63, 3.8) is 0 Å². The summed E-state index contributed by atoms with van der Waals surface area (Å²) in [7, 11) is 1.78. The Bertz CT molecular complexity index is 1480. The zero-order valence-corrected chi connectivity index (χ0v) is 21.0. The summed E-state index contributed by atoms with van der Waals surface area (Å²) < 4.78 is 3.23. The summed E-state index contributed by atoms with van der Waals surface area (Å²) in [5.41, 5.74) is 4.01. The number of rotatable bonds is 5. The van der Waals surface area contributed by atoms with Crippen molar-refractivity contribution < 1.29 is 4.79 Å². The van der Waals surface area contributed by atoms with Gasteiger partial charge in [-0.15, -0.1) is 0 Å². The third kappa shape index (κ3) is 5.29. The molecule has 0 unspecified atom stereocenters. The van der Waals surface area contributed by atoms with Gasteiger partial charge in [0.1, 0.15) is 5.69 Å². The molecule has 0 atom stereocenters. The Morgan fingerprint density at radius 2 is 1.57 bits per heavy atom. The van der Waals surface area contributed by atoms with Crippen molar-refractivity contribution in [2.75, 3.05) is 16.0 Å². The van der Waals surface area contributed by atoms with Crippen LogP contribution in [0.4, 0.5) is 17.1 Å². The number of aromatic nitrogens is 2. The molecule has 178 valence electrons. The molecule has 3 N–H and O–H groups in total. The second-order valence-electron chi connectivity index (χ2n) is 8.01. The number of para-hydroxylation sites is 1. The Morgan fingerprint density at radius 1 is 0.886 bits per heavy atom. The van der Waals surface area contributed by atoms with Crippen LogP contribution in [-0.2, 0) is 7.05 Å². The van der Waals surface area contributed by atoms with Crippen molar-refractivity contribution in [1.82, 2.24) is 9.36 Å². The minimum Gasteiger partial charge on any atom is -0.332 e. The Hall–Kier alpha value is -3.88. The second-order valence-corrected chi connectivity index (χ2v) is 8.83. The number of benzene rings is 3. The lowest BCUT2D eigenvalue weighted by atomic mass is 10.2. The third-order valence-electron chi connectivity index (χ3n) is 5.61. The molecule has 0 bridgehead atoms. The van der Waals surface area contributed by atoms with Gasteiger partial charge in [-0.25, -0.2) is 4.68 Å². The molecule has 0 aliphatic heterocycles. The first-order chi connectivity index (χ1) is 16.7. The molecule has 9 heteroatoms. The number of carbonyl (C=O) groups excluding carboxylic acids is 1. The summed E-state index contributed by atoms with van der Waals surface area (Å²) in [6.07, 6.45) is 0. The van der Waals surface area contributed by atoms with Crippen LogP contribution in [0.5, 0.6) is 0 Å². The van der Waals surface area contributed by atoms with Gasteiger partial charge >= 0.3 is 0 Å². The van der Waals surface area contributed by atoms with E-state index in [4.69, 9.17) is 23.8 Å². The Labute approximate surface area is 213 Å². The topological polar surface area (TPSA) is 80.1 Å². The number of nitrogens with one attached hydrogen (secondary N) is 3. The van der Waals surface area contributed by atoms with Crippen LogP contribution in [0, 0.1) is 13.8 Å². The van der Waals surface area contributed by atoms with E-state index >= 15 is 0 Å². The summed E-state index contributed by atoms with van der Waals surface area (Å²) >= 11 is 11.6. The number of anilines is 3. The van der Waals surface area contributed by atoms with Gasteiger partial charge in [-0.05, 0) is 74.1 Å². The highest BCUT2D eigenvalue weighted by Crippen LogP contribution is 2.21. The molecule has 0 aliphatic carbocycles. The fraction of sp³-hybridized carbons (Fsp3) is 0.115. The van der Waals surface area contributed by atoms with Crippen LogP contribution in [0.2, 0.25) is 5.02 Å². The number of carbonyl (C=O) groups is 1. The highest BCUT2D eigenvalue weighted by atomic mass is 35.5. The monoisotopic (exact) mass is 505 g/mol. The fourth-order valence-electron chi connectivity index (χ4n) is 3.60. The molecule has 0 fully saturated rings. The molecule has 4 aromatic rings. The van der Waals surface area contributed by atoms with Gasteiger partial charge < -0.3 is 16.0 Å². The number of aryl methyl sites for hydroxylation is 1. The summed E-state index contributed by atoms with van der Waals surface area (Å²) in [6.45, 7) is 3.71. The molecule has 0 spiro atoms. The van der Waals surface area contributed by atoms with Crippen molar-refractivity contribution in [3.8, 4) is 5.69 Å². The van der Waals surface area contributed by atoms with Gasteiger partial charge in [-0.2, -0.15) is 0 Å². The van der Waals surface area contributed by atoms with E-state index in [-0.39, 0.29) is 11.2 Å². The lowest BCUT2D eigenvalue weighted by molar-refractivity contribution is 0.102. The van der Waals surface area contributed by atoms with Crippen LogP contribution in [0.1, 0.15) is 21.6 Å². The maximum Gasteiger partial charge on any atom is 0.295 e. The van der Waals surface area contributed by atoms with Gasteiger partial charge in [0.15, 0.2) is 5.11 Å². The van der Waals surface area contributed by atoms with Crippen molar-refractivity contribution in [3.05, 3.63) is 105 Å². The molecule has 7 nitrogen and oxygen atoms in total. The largest absolute Gasteiger partial charge is 0.332 e. The van der Waals surface area contributed by atoms with E-state index in [9.17, 15) is 9.59 Å². The molecule has 3 aromatic carbocycles. The first-order valence-corrected chi connectivity index (χ1v) is 11.6.